The van der Waals surface area contributed by atoms with Gasteiger partial charge in [-0.15, -0.1) is 0 Å². The third-order valence-corrected chi connectivity index (χ3v) is 1.88. The van der Waals surface area contributed by atoms with Gasteiger partial charge in [0.25, 0.3) is 5.92 Å². The van der Waals surface area contributed by atoms with Crippen LogP contribution < -0.4 is 0 Å². The highest BCUT2D eigenvalue weighted by Crippen LogP contribution is 2.42. The highest BCUT2D eigenvalue weighted by Gasteiger charge is 2.59. The predicted molar refractivity (Wildman–Crippen MR) is 32.0 cm³/mol. The van der Waals surface area contributed by atoms with Crippen molar-refractivity contribution in [2.24, 2.45) is 5.92 Å². The topological polar surface area (TPSA) is 3.24 Å². The van der Waals surface area contributed by atoms with E-state index in [1.807, 2.05) is 0 Å². The molecule has 1 saturated heterocycles. The number of rotatable bonds is 0. The molecule has 0 aromatic rings. The molecular formula is C6H8F5N. The van der Waals surface area contributed by atoms with Crippen LogP contribution in [-0.2, 0) is 0 Å². The van der Waals surface area contributed by atoms with Gasteiger partial charge in [0.15, 0.2) is 0 Å². The lowest BCUT2D eigenvalue weighted by Crippen LogP contribution is -2.37. The monoisotopic (exact) mass is 189 g/mol. The summed E-state index contributed by atoms with van der Waals surface area (Å²) < 4.78 is 61.0. The van der Waals surface area contributed by atoms with Crippen LogP contribution in [0.25, 0.3) is 0 Å². The highest BCUT2D eigenvalue weighted by atomic mass is 19.4. The summed E-state index contributed by atoms with van der Waals surface area (Å²) in [5.74, 6) is -6.14. The molecule has 1 heterocycles. The van der Waals surface area contributed by atoms with Crippen molar-refractivity contribution < 1.29 is 22.0 Å². The maximum atomic E-state index is 12.6. The minimum atomic E-state index is -4.80. The maximum Gasteiger partial charge on any atom is 0.398 e. The first-order valence-electron chi connectivity index (χ1n) is 3.36. The van der Waals surface area contributed by atoms with Gasteiger partial charge in [0.2, 0.25) is 0 Å². The predicted octanol–water partition coefficient (Wildman–Crippen LogP) is 1.75. The van der Waals surface area contributed by atoms with Crippen LogP contribution in [-0.4, -0.2) is 37.1 Å². The summed E-state index contributed by atoms with van der Waals surface area (Å²) in [6, 6.07) is 0. The summed E-state index contributed by atoms with van der Waals surface area (Å²) in [4.78, 5) is 0.984. The second kappa shape index (κ2) is 2.55. The Morgan fingerprint density at radius 2 is 1.83 bits per heavy atom. The van der Waals surface area contributed by atoms with Crippen molar-refractivity contribution in [1.82, 2.24) is 4.90 Å². The Morgan fingerprint density at radius 1 is 1.33 bits per heavy atom. The molecule has 12 heavy (non-hydrogen) atoms. The zero-order valence-corrected chi connectivity index (χ0v) is 6.33. The molecule has 0 aromatic carbocycles. The third-order valence-electron chi connectivity index (χ3n) is 1.88. The molecule has 72 valence electrons. The highest BCUT2D eigenvalue weighted by molar-refractivity contribution is 4.92. The van der Waals surface area contributed by atoms with Crippen LogP contribution in [0.1, 0.15) is 0 Å². The van der Waals surface area contributed by atoms with E-state index in [-0.39, 0.29) is 0 Å². The molecule has 0 N–H and O–H groups in total. The molecule has 1 aliphatic rings. The quantitative estimate of drug-likeness (QED) is 0.524. The van der Waals surface area contributed by atoms with Gasteiger partial charge in [0.05, 0.1) is 6.54 Å². The van der Waals surface area contributed by atoms with Crippen LogP contribution in [0.5, 0.6) is 0 Å². The Labute approximate surface area is 66.1 Å². The number of hydrogen-bond donors (Lipinski definition) is 0. The largest absolute Gasteiger partial charge is 0.398 e. The fourth-order valence-corrected chi connectivity index (χ4v) is 1.32. The lowest BCUT2D eigenvalue weighted by Gasteiger charge is -2.19. The van der Waals surface area contributed by atoms with Gasteiger partial charge in [-0.05, 0) is 7.05 Å². The first kappa shape index (κ1) is 9.70. The molecule has 1 rings (SSSR count). The van der Waals surface area contributed by atoms with Crippen LogP contribution in [0.3, 0.4) is 0 Å². The van der Waals surface area contributed by atoms with Gasteiger partial charge in [-0.2, -0.15) is 13.2 Å². The van der Waals surface area contributed by atoms with Crippen molar-refractivity contribution in [3.05, 3.63) is 0 Å². The van der Waals surface area contributed by atoms with Gasteiger partial charge in [-0.3, -0.25) is 4.90 Å². The standard InChI is InChI=1S/C6H8F5N/c1-12-2-4(6(9,10)11)5(7,8)3-12/h4H,2-3H2,1H3. The van der Waals surface area contributed by atoms with Gasteiger partial charge in [-0.1, -0.05) is 0 Å². The lowest BCUT2D eigenvalue weighted by molar-refractivity contribution is -0.221. The molecule has 1 atom stereocenters. The molecule has 0 aliphatic carbocycles. The van der Waals surface area contributed by atoms with Gasteiger partial charge < -0.3 is 0 Å². The molecule has 0 spiro atoms. The van der Waals surface area contributed by atoms with Crippen LogP contribution in [0.4, 0.5) is 22.0 Å². The Balaban J connectivity index is 2.79. The molecule has 0 amide bonds. The normalized spacial score (nSPS) is 31.0. The molecule has 0 radical (unpaired) electrons. The SMILES string of the molecule is CN1CC(C(F)(F)F)C(F)(F)C1. The van der Waals surface area contributed by atoms with E-state index in [0.29, 0.717) is 0 Å². The second-order valence-electron chi connectivity index (χ2n) is 3.05. The molecular weight excluding hydrogens is 181 g/mol. The van der Waals surface area contributed by atoms with Crippen molar-refractivity contribution in [3.8, 4) is 0 Å². The summed E-state index contributed by atoms with van der Waals surface area (Å²) in [7, 11) is 1.25. The van der Waals surface area contributed by atoms with Crippen LogP contribution in [0.2, 0.25) is 0 Å². The average Bonchev–Trinajstić information content (AvgIpc) is 2.02. The molecule has 1 nitrogen and oxygen atoms in total. The van der Waals surface area contributed by atoms with Gasteiger partial charge >= 0.3 is 6.18 Å². The average molecular weight is 189 g/mol. The fraction of sp³-hybridized carbons (Fsp3) is 1.00. The Morgan fingerprint density at radius 3 is 2.00 bits per heavy atom. The minimum absolute atomic E-state index is 0.615. The van der Waals surface area contributed by atoms with E-state index in [4.69, 9.17) is 0 Å². The molecule has 1 aliphatic heterocycles. The van der Waals surface area contributed by atoms with E-state index in [0.717, 1.165) is 4.90 Å². The number of halogens is 5. The smallest absolute Gasteiger partial charge is 0.300 e. The van der Waals surface area contributed by atoms with Crippen LogP contribution in [0, 0.1) is 5.92 Å². The van der Waals surface area contributed by atoms with E-state index < -0.39 is 31.1 Å². The maximum absolute atomic E-state index is 12.6. The minimum Gasteiger partial charge on any atom is -0.300 e. The van der Waals surface area contributed by atoms with Crippen LogP contribution >= 0.6 is 0 Å². The number of alkyl halides is 5. The zero-order valence-electron chi connectivity index (χ0n) is 6.33. The van der Waals surface area contributed by atoms with E-state index in [2.05, 4.69) is 0 Å². The van der Waals surface area contributed by atoms with E-state index in [1.54, 1.807) is 0 Å². The second-order valence-corrected chi connectivity index (χ2v) is 3.05. The summed E-state index contributed by atoms with van der Waals surface area (Å²) >= 11 is 0. The van der Waals surface area contributed by atoms with Crippen molar-refractivity contribution >= 4 is 0 Å². The Kier molecular flexibility index (Phi) is 2.06. The summed E-state index contributed by atoms with van der Waals surface area (Å²) in [6.07, 6.45) is -4.80. The van der Waals surface area contributed by atoms with Crippen molar-refractivity contribution in [2.45, 2.75) is 12.1 Å². The van der Waals surface area contributed by atoms with Crippen molar-refractivity contribution in [1.29, 1.82) is 0 Å². The zero-order chi connectivity index (χ0) is 9.57. The third kappa shape index (κ3) is 1.68. The first-order chi connectivity index (χ1) is 5.23. The number of likely N-dealkylation sites (tertiary alicyclic amines) is 1. The van der Waals surface area contributed by atoms with Gasteiger partial charge in [0.1, 0.15) is 5.92 Å². The van der Waals surface area contributed by atoms with E-state index in [1.165, 1.54) is 7.05 Å². The number of nitrogens with zero attached hydrogens (tertiary/aromatic N) is 1. The summed E-state index contributed by atoms with van der Waals surface area (Å²) in [5, 5.41) is 0. The Bertz CT molecular complexity index is 175. The molecule has 6 heteroatoms. The summed E-state index contributed by atoms with van der Waals surface area (Å²) in [5.41, 5.74) is 0. The van der Waals surface area contributed by atoms with Crippen molar-refractivity contribution in [2.75, 3.05) is 20.1 Å². The molecule has 1 fully saturated rings. The van der Waals surface area contributed by atoms with Crippen molar-refractivity contribution in [3.63, 3.8) is 0 Å². The molecule has 0 saturated carbocycles. The van der Waals surface area contributed by atoms with Gasteiger partial charge in [0, 0.05) is 6.54 Å². The lowest BCUT2D eigenvalue weighted by atomic mass is 10.1. The first-order valence-corrected chi connectivity index (χ1v) is 3.36. The molecule has 0 bridgehead atoms. The Hall–Kier alpha value is -0.390. The van der Waals surface area contributed by atoms with Gasteiger partial charge in [-0.25, -0.2) is 8.78 Å². The van der Waals surface area contributed by atoms with Crippen LogP contribution in [0.15, 0.2) is 0 Å². The summed E-state index contributed by atoms with van der Waals surface area (Å²) in [6.45, 7) is -1.42. The molecule has 1 unspecified atom stereocenters. The number of hydrogen-bond acceptors (Lipinski definition) is 1. The fourth-order valence-electron chi connectivity index (χ4n) is 1.32. The van der Waals surface area contributed by atoms with E-state index >= 15 is 0 Å². The molecule has 0 aromatic heterocycles. The van der Waals surface area contributed by atoms with E-state index in [9.17, 15) is 22.0 Å².